The van der Waals surface area contributed by atoms with Gasteiger partial charge in [-0.3, -0.25) is 4.99 Å². The van der Waals surface area contributed by atoms with Gasteiger partial charge in [-0.05, 0) is 66.8 Å². The second-order valence-electron chi connectivity index (χ2n) is 9.80. The summed E-state index contributed by atoms with van der Waals surface area (Å²) in [6.45, 7) is 0. The Balaban J connectivity index is 0.00000103. The molecular formula is C29H39Cl2NOTi. The summed E-state index contributed by atoms with van der Waals surface area (Å²) in [6, 6.07) is 14.7. The van der Waals surface area contributed by atoms with Gasteiger partial charge in [0, 0.05) is 11.8 Å². The van der Waals surface area contributed by atoms with Gasteiger partial charge in [0.2, 0.25) is 0 Å². The van der Waals surface area contributed by atoms with Crippen molar-refractivity contribution in [2.45, 2.75) is 102 Å². The maximum atomic E-state index is 11.3. The van der Waals surface area contributed by atoms with Crippen molar-refractivity contribution in [3.63, 3.8) is 0 Å². The van der Waals surface area contributed by atoms with Crippen LogP contribution in [0.3, 0.4) is 0 Å². The summed E-state index contributed by atoms with van der Waals surface area (Å²) < 4.78 is 0. The number of halogens is 2. The molecule has 2 saturated carbocycles. The monoisotopic (exact) mass is 535 g/mol. The molecule has 5 heteroatoms. The molecule has 0 aliphatic heterocycles. The van der Waals surface area contributed by atoms with Crippen molar-refractivity contribution < 1.29 is 22.1 Å². The summed E-state index contributed by atoms with van der Waals surface area (Å²) in [4.78, 5) is 4.69. The second kappa shape index (κ2) is 16.0. The molecule has 2 aliphatic carbocycles. The number of nitrogens with zero attached hydrogens (tertiary/aromatic N) is 1. The Hall–Kier alpha value is -0.796. The van der Waals surface area contributed by atoms with Gasteiger partial charge in [0.05, 0.1) is 5.69 Å². The molecule has 1 N–H and O–H groups in total. The van der Waals surface area contributed by atoms with Gasteiger partial charge < -0.3 is 5.11 Å². The normalized spacial score (nSPS) is 18.8. The number of hydrogen-bond donors (Lipinski definition) is 1. The summed E-state index contributed by atoms with van der Waals surface area (Å²) in [5, 5.41) is 11.3. The summed E-state index contributed by atoms with van der Waals surface area (Å²) in [6.07, 6.45) is 20.3. The molecule has 0 saturated heterocycles. The van der Waals surface area contributed by atoms with Gasteiger partial charge >= 0.3 is 35.6 Å². The summed E-state index contributed by atoms with van der Waals surface area (Å²) >= 11 is -0.556. The van der Waals surface area contributed by atoms with Crippen molar-refractivity contribution in [2.24, 2.45) is 4.99 Å². The zero-order chi connectivity index (χ0) is 24.0. The molecule has 0 atom stereocenters. The van der Waals surface area contributed by atoms with Gasteiger partial charge in [0.25, 0.3) is 0 Å². The number of para-hydroxylation sites is 1. The van der Waals surface area contributed by atoms with Crippen molar-refractivity contribution in [2.75, 3.05) is 0 Å². The molecule has 0 aromatic heterocycles. The predicted molar refractivity (Wildman–Crippen MR) is 144 cm³/mol. The van der Waals surface area contributed by atoms with Crippen molar-refractivity contribution in [1.29, 1.82) is 0 Å². The van der Waals surface area contributed by atoms with E-state index in [4.69, 9.17) is 18.6 Å². The Bertz CT molecular complexity index is 858. The van der Waals surface area contributed by atoms with Crippen LogP contribution in [-0.2, 0) is 17.0 Å². The van der Waals surface area contributed by atoms with E-state index >= 15 is 0 Å². The summed E-state index contributed by atoms with van der Waals surface area (Å²) in [5.74, 6) is 1.59. The first kappa shape index (κ1) is 27.8. The van der Waals surface area contributed by atoms with Gasteiger partial charge in [-0.15, -0.1) is 0 Å². The Morgan fingerprint density at radius 3 is 1.82 bits per heavy atom. The summed E-state index contributed by atoms with van der Waals surface area (Å²) in [7, 11) is 9.78. The maximum absolute atomic E-state index is 11.3. The number of benzene rings is 2. The first-order valence-corrected chi connectivity index (χ1v) is 17.4. The molecule has 0 heterocycles. The first-order valence-electron chi connectivity index (χ1n) is 13.1. The fraction of sp³-hybridized carbons (Fsp3) is 0.552. The molecule has 0 spiro atoms. The molecule has 2 aromatic carbocycles. The van der Waals surface area contributed by atoms with Crippen molar-refractivity contribution in [3.05, 3.63) is 59.2 Å². The first-order chi connectivity index (χ1) is 16.7. The molecule has 184 valence electrons. The van der Waals surface area contributed by atoms with Crippen molar-refractivity contribution >= 4 is 30.5 Å². The van der Waals surface area contributed by atoms with E-state index < -0.39 is 17.0 Å². The average Bonchev–Trinajstić information content (AvgIpc) is 2.88. The van der Waals surface area contributed by atoms with E-state index in [2.05, 4.69) is 17.1 Å². The van der Waals surface area contributed by atoms with Gasteiger partial charge in [-0.2, -0.15) is 0 Å². The molecule has 0 bridgehead atoms. The molecule has 2 aliphatic rings. The fourth-order valence-electron chi connectivity index (χ4n) is 5.56. The Morgan fingerprint density at radius 2 is 1.24 bits per heavy atom. The molecule has 34 heavy (non-hydrogen) atoms. The molecule has 2 fully saturated rings. The van der Waals surface area contributed by atoms with Crippen LogP contribution in [0.2, 0.25) is 0 Å². The van der Waals surface area contributed by atoms with Crippen LogP contribution >= 0.6 is 18.6 Å². The van der Waals surface area contributed by atoms with Gasteiger partial charge in [0.1, 0.15) is 5.75 Å². The number of aliphatic imine (C=N–C) groups is 1. The molecule has 2 nitrogen and oxygen atoms in total. The molecular weight excluding hydrogens is 497 g/mol. The topological polar surface area (TPSA) is 32.6 Å². The van der Waals surface area contributed by atoms with Crippen LogP contribution in [0.5, 0.6) is 5.75 Å². The molecule has 0 unspecified atom stereocenters. The van der Waals surface area contributed by atoms with E-state index in [9.17, 15) is 5.11 Å². The van der Waals surface area contributed by atoms with Crippen LogP contribution in [-0.4, -0.2) is 11.3 Å². The van der Waals surface area contributed by atoms with Crippen LogP contribution in [0.15, 0.2) is 47.5 Å². The third-order valence-corrected chi connectivity index (χ3v) is 7.42. The average molecular weight is 536 g/mol. The quantitative estimate of drug-likeness (QED) is 0.306. The van der Waals surface area contributed by atoms with Crippen molar-refractivity contribution in [1.82, 2.24) is 0 Å². The van der Waals surface area contributed by atoms with Crippen molar-refractivity contribution in [3.8, 4) is 5.75 Å². The van der Waals surface area contributed by atoms with Crippen LogP contribution in [0.25, 0.3) is 0 Å². The van der Waals surface area contributed by atoms with Crippen LogP contribution in [0, 0.1) is 0 Å². The Morgan fingerprint density at radius 1 is 0.735 bits per heavy atom. The zero-order valence-corrected chi connectivity index (χ0v) is 23.4. The Labute approximate surface area is 223 Å². The number of aromatic hydroxyl groups is 1. The predicted octanol–water partition coefficient (Wildman–Crippen LogP) is 10.2. The molecule has 0 radical (unpaired) electrons. The van der Waals surface area contributed by atoms with Gasteiger partial charge in [-0.25, -0.2) is 0 Å². The van der Waals surface area contributed by atoms with E-state index in [0.717, 1.165) is 11.3 Å². The van der Waals surface area contributed by atoms with Crippen LogP contribution < -0.4 is 0 Å². The SMILES string of the molecule is Oc1c(C=Nc2ccccc2)cc(C2CCCCC2)cc1C1CCCCCCCCC1.[Cl][Ti][Cl]. The van der Waals surface area contributed by atoms with Gasteiger partial charge in [0.15, 0.2) is 0 Å². The summed E-state index contributed by atoms with van der Waals surface area (Å²) in [5.41, 5.74) is 4.46. The third-order valence-electron chi connectivity index (χ3n) is 7.42. The number of hydrogen-bond acceptors (Lipinski definition) is 2. The third kappa shape index (κ3) is 9.01. The number of phenolic OH excluding ortho intramolecular Hbond substituents is 1. The molecule has 2 aromatic rings. The second-order valence-corrected chi connectivity index (χ2v) is 12.4. The van der Waals surface area contributed by atoms with Crippen LogP contribution in [0.1, 0.15) is 118 Å². The van der Waals surface area contributed by atoms with Crippen LogP contribution in [0.4, 0.5) is 5.69 Å². The molecule has 0 amide bonds. The minimum atomic E-state index is -0.556. The standard InChI is InChI=1S/C29H39NO.2ClH.Ti/c31-29-26(22-30-27-18-12-7-13-19-27)20-25(23-14-10-6-11-15-23)21-28(29)24-16-8-4-2-1-3-5-9-17-24;;;/h7,12-13,18-24,31H,1-6,8-11,14-17H2;2*1H;/q;;;+2/p-2. The molecule has 4 rings (SSSR count). The van der Waals surface area contributed by atoms with E-state index in [0.29, 0.717) is 17.6 Å². The zero-order valence-electron chi connectivity index (χ0n) is 20.3. The van der Waals surface area contributed by atoms with E-state index in [1.165, 1.54) is 101 Å². The van der Waals surface area contributed by atoms with E-state index in [1.807, 2.05) is 36.5 Å². The number of rotatable bonds is 4. The van der Waals surface area contributed by atoms with Gasteiger partial charge in [-0.1, -0.05) is 88.5 Å². The Kier molecular flexibility index (Phi) is 13.1. The van der Waals surface area contributed by atoms with E-state index in [1.54, 1.807) is 0 Å². The fourth-order valence-corrected chi connectivity index (χ4v) is 5.56. The minimum absolute atomic E-state index is 0.473. The number of phenols is 1. The van der Waals surface area contributed by atoms with E-state index in [-0.39, 0.29) is 0 Å².